The Hall–Kier alpha value is -2.04. The summed E-state index contributed by atoms with van der Waals surface area (Å²) in [6.07, 6.45) is 2.89. The maximum atomic E-state index is 12.0. The lowest BCUT2D eigenvalue weighted by Crippen LogP contribution is -2.34. The second-order valence-corrected chi connectivity index (χ2v) is 5.09. The van der Waals surface area contributed by atoms with Crippen LogP contribution in [0, 0.1) is 0 Å². The van der Waals surface area contributed by atoms with E-state index in [-0.39, 0.29) is 18.4 Å². The number of hydrogen-bond acceptors (Lipinski definition) is 3. The van der Waals surface area contributed by atoms with E-state index in [0.29, 0.717) is 13.2 Å². The summed E-state index contributed by atoms with van der Waals surface area (Å²) in [5.74, 6) is -0.0678. The molecule has 0 fully saturated rings. The van der Waals surface area contributed by atoms with Crippen molar-refractivity contribution < 1.29 is 14.3 Å². The van der Waals surface area contributed by atoms with Gasteiger partial charge in [0.05, 0.1) is 19.1 Å². The zero-order chi connectivity index (χ0) is 16.2. The van der Waals surface area contributed by atoms with E-state index in [4.69, 9.17) is 4.74 Å². The van der Waals surface area contributed by atoms with Crippen LogP contribution in [0.5, 0.6) is 0 Å². The van der Waals surface area contributed by atoms with E-state index in [0.717, 1.165) is 24.8 Å². The van der Waals surface area contributed by atoms with Gasteiger partial charge in [-0.3, -0.25) is 4.79 Å². The fourth-order valence-corrected chi connectivity index (χ4v) is 2.11. The zero-order valence-corrected chi connectivity index (χ0v) is 13.4. The van der Waals surface area contributed by atoms with Crippen molar-refractivity contribution in [3.63, 3.8) is 0 Å². The average molecular weight is 306 g/mol. The minimum absolute atomic E-state index is 0.0678. The molecule has 0 spiro atoms. The number of ether oxygens (including phenoxy) is 1. The lowest BCUT2D eigenvalue weighted by atomic mass is 10.0. The fraction of sp³-hybridized carbons (Fsp3) is 0.529. The fourth-order valence-electron chi connectivity index (χ4n) is 2.11. The van der Waals surface area contributed by atoms with Gasteiger partial charge >= 0.3 is 6.09 Å². The van der Waals surface area contributed by atoms with Gasteiger partial charge in [-0.2, -0.15) is 0 Å². The summed E-state index contributed by atoms with van der Waals surface area (Å²) in [6.45, 7) is 4.85. The highest BCUT2D eigenvalue weighted by Gasteiger charge is 2.18. The predicted octanol–water partition coefficient (Wildman–Crippen LogP) is 3.17. The molecule has 0 saturated heterocycles. The second-order valence-electron chi connectivity index (χ2n) is 5.09. The number of hydrogen-bond donors (Lipinski definition) is 2. The molecule has 1 rings (SSSR count). The second kappa shape index (κ2) is 10.7. The van der Waals surface area contributed by atoms with Gasteiger partial charge in [0.1, 0.15) is 0 Å². The number of carbonyl (C=O) groups excluding carboxylic acids is 2. The van der Waals surface area contributed by atoms with Crippen LogP contribution in [-0.4, -0.2) is 25.2 Å². The number of alkyl carbamates (subject to hydrolysis) is 1. The van der Waals surface area contributed by atoms with E-state index in [9.17, 15) is 9.59 Å². The SMILES string of the molecule is CCCCCNC(=O)C[C@H](NC(=O)OCC)c1ccccc1. The molecule has 0 aromatic heterocycles. The molecule has 5 nitrogen and oxygen atoms in total. The topological polar surface area (TPSA) is 67.4 Å². The summed E-state index contributed by atoms with van der Waals surface area (Å²) < 4.78 is 4.91. The molecule has 0 radical (unpaired) electrons. The van der Waals surface area contributed by atoms with Gasteiger partial charge in [-0.15, -0.1) is 0 Å². The van der Waals surface area contributed by atoms with Gasteiger partial charge in [0.25, 0.3) is 0 Å². The van der Waals surface area contributed by atoms with E-state index in [1.165, 1.54) is 0 Å². The highest BCUT2D eigenvalue weighted by atomic mass is 16.5. The summed E-state index contributed by atoms with van der Waals surface area (Å²) in [7, 11) is 0. The van der Waals surface area contributed by atoms with Crippen LogP contribution >= 0.6 is 0 Å². The minimum Gasteiger partial charge on any atom is -0.450 e. The van der Waals surface area contributed by atoms with Crippen LogP contribution in [0.25, 0.3) is 0 Å². The van der Waals surface area contributed by atoms with Crippen molar-refractivity contribution in [1.82, 2.24) is 10.6 Å². The first-order valence-electron chi connectivity index (χ1n) is 7.92. The van der Waals surface area contributed by atoms with Crippen molar-refractivity contribution in [2.75, 3.05) is 13.2 Å². The number of nitrogens with one attached hydrogen (secondary N) is 2. The highest BCUT2D eigenvalue weighted by Crippen LogP contribution is 2.16. The van der Waals surface area contributed by atoms with Crippen LogP contribution in [-0.2, 0) is 9.53 Å². The van der Waals surface area contributed by atoms with Crippen LogP contribution in [0.1, 0.15) is 51.1 Å². The largest absolute Gasteiger partial charge is 0.450 e. The first-order chi connectivity index (χ1) is 10.7. The van der Waals surface area contributed by atoms with Gasteiger partial charge in [-0.05, 0) is 18.9 Å². The van der Waals surface area contributed by atoms with Crippen molar-refractivity contribution in [1.29, 1.82) is 0 Å². The molecule has 1 atom stereocenters. The highest BCUT2D eigenvalue weighted by molar-refractivity contribution is 5.78. The Balaban J connectivity index is 2.58. The molecule has 5 heteroatoms. The van der Waals surface area contributed by atoms with Gasteiger partial charge in [0.15, 0.2) is 0 Å². The van der Waals surface area contributed by atoms with Crippen molar-refractivity contribution in [3.05, 3.63) is 35.9 Å². The molecule has 0 aliphatic carbocycles. The first kappa shape index (κ1) is 18.0. The Morgan fingerprint density at radius 3 is 2.50 bits per heavy atom. The first-order valence-corrected chi connectivity index (χ1v) is 7.92. The van der Waals surface area contributed by atoms with Crippen molar-refractivity contribution in [2.24, 2.45) is 0 Å². The van der Waals surface area contributed by atoms with Gasteiger partial charge in [0.2, 0.25) is 5.91 Å². The molecule has 122 valence electrons. The molecule has 0 aliphatic rings. The third-order valence-electron chi connectivity index (χ3n) is 3.26. The van der Waals surface area contributed by atoms with Crippen LogP contribution < -0.4 is 10.6 Å². The predicted molar refractivity (Wildman–Crippen MR) is 86.5 cm³/mol. The summed E-state index contributed by atoms with van der Waals surface area (Å²) in [5, 5.41) is 5.64. The number of benzene rings is 1. The van der Waals surface area contributed by atoms with Crippen LogP contribution in [0.4, 0.5) is 4.79 Å². The monoisotopic (exact) mass is 306 g/mol. The molecule has 0 saturated carbocycles. The van der Waals surface area contributed by atoms with Crippen molar-refractivity contribution in [3.8, 4) is 0 Å². The van der Waals surface area contributed by atoms with Gasteiger partial charge in [0, 0.05) is 6.54 Å². The van der Waals surface area contributed by atoms with E-state index < -0.39 is 6.09 Å². The smallest absolute Gasteiger partial charge is 0.407 e. The molecule has 1 aromatic rings. The van der Waals surface area contributed by atoms with Gasteiger partial charge in [-0.25, -0.2) is 4.79 Å². The molecule has 0 heterocycles. The van der Waals surface area contributed by atoms with E-state index >= 15 is 0 Å². The third-order valence-corrected chi connectivity index (χ3v) is 3.26. The molecule has 0 aliphatic heterocycles. The molecular weight excluding hydrogens is 280 g/mol. The molecule has 0 bridgehead atoms. The van der Waals surface area contributed by atoms with Crippen molar-refractivity contribution >= 4 is 12.0 Å². The molecule has 1 aromatic carbocycles. The Morgan fingerprint density at radius 2 is 1.86 bits per heavy atom. The molecule has 0 unspecified atom stereocenters. The zero-order valence-electron chi connectivity index (χ0n) is 13.4. The summed E-state index contributed by atoms with van der Waals surface area (Å²) in [6, 6.07) is 9.06. The maximum absolute atomic E-state index is 12.0. The molecule has 2 amide bonds. The van der Waals surface area contributed by atoms with Crippen LogP contribution in [0.2, 0.25) is 0 Å². The standard InChI is InChI=1S/C17H26N2O3/c1-3-5-9-12-18-16(20)13-15(19-17(21)22-4-2)14-10-7-6-8-11-14/h6-8,10-11,15H,3-5,9,12-13H2,1-2H3,(H,18,20)(H,19,21)/t15-/m0/s1. The molecule has 2 N–H and O–H groups in total. The molecular formula is C17H26N2O3. The number of rotatable bonds is 9. The third kappa shape index (κ3) is 7.11. The van der Waals surface area contributed by atoms with Gasteiger partial charge < -0.3 is 15.4 Å². The Bertz CT molecular complexity index is 448. The van der Waals surface area contributed by atoms with E-state index in [2.05, 4.69) is 17.6 Å². The molecule has 22 heavy (non-hydrogen) atoms. The quantitative estimate of drug-likeness (QED) is 0.689. The van der Waals surface area contributed by atoms with Crippen molar-refractivity contribution in [2.45, 2.75) is 45.6 Å². The number of unbranched alkanes of at least 4 members (excludes halogenated alkanes) is 2. The Morgan fingerprint density at radius 1 is 1.14 bits per heavy atom. The van der Waals surface area contributed by atoms with Gasteiger partial charge in [-0.1, -0.05) is 50.1 Å². The van der Waals surface area contributed by atoms with Crippen LogP contribution in [0.15, 0.2) is 30.3 Å². The summed E-state index contributed by atoms with van der Waals surface area (Å²) in [5.41, 5.74) is 0.888. The Labute approximate surface area is 132 Å². The number of carbonyl (C=O) groups is 2. The lowest BCUT2D eigenvalue weighted by molar-refractivity contribution is -0.121. The summed E-state index contributed by atoms with van der Waals surface area (Å²) >= 11 is 0. The van der Waals surface area contributed by atoms with Crippen LogP contribution in [0.3, 0.4) is 0 Å². The Kier molecular flexibility index (Phi) is 8.72. The maximum Gasteiger partial charge on any atom is 0.407 e. The summed E-state index contributed by atoms with van der Waals surface area (Å²) in [4.78, 5) is 23.7. The van der Waals surface area contributed by atoms with E-state index in [1.54, 1.807) is 6.92 Å². The normalized spacial score (nSPS) is 11.5. The van der Waals surface area contributed by atoms with E-state index in [1.807, 2.05) is 30.3 Å². The average Bonchev–Trinajstić information content (AvgIpc) is 2.52. The minimum atomic E-state index is -0.505. The number of amides is 2. The lowest BCUT2D eigenvalue weighted by Gasteiger charge is -2.18.